The number of fused-ring (bicyclic) bond motifs is 1. The van der Waals surface area contributed by atoms with Gasteiger partial charge in [-0.2, -0.15) is 0 Å². The first-order valence-electron chi connectivity index (χ1n) is 8.01. The molecule has 1 aromatic carbocycles. The first kappa shape index (κ1) is 15.1. The highest BCUT2D eigenvalue weighted by Gasteiger charge is 2.11. The lowest BCUT2D eigenvalue weighted by Crippen LogP contribution is -2.14. The van der Waals surface area contributed by atoms with Gasteiger partial charge >= 0.3 is 0 Å². The minimum absolute atomic E-state index is 0.0566. The minimum Gasteiger partial charge on any atom is -0.346 e. The lowest BCUT2D eigenvalue weighted by Gasteiger charge is -2.05. The molecule has 1 amide bonds. The third kappa shape index (κ3) is 3.26. The molecule has 0 spiro atoms. The summed E-state index contributed by atoms with van der Waals surface area (Å²) < 4.78 is 0. The van der Waals surface area contributed by atoms with Crippen molar-refractivity contribution in [1.29, 1.82) is 0 Å². The standard InChI is InChI=1S/C20H16N4O/c25-19(24-17-6-2-1-3-7-17)10-16-13-23-20-18(16)9-15(12-22-20)14-5-4-8-21-11-14/h1-9,11-13H,10H2,(H,22,23)(H,24,25). The molecular formula is C20H16N4O. The fourth-order valence-corrected chi connectivity index (χ4v) is 2.80. The highest BCUT2D eigenvalue weighted by atomic mass is 16.1. The van der Waals surface area contributed by atoms with E-state index < -0.39 is 0 Å². The Kier molecular flexibility index (Phi) is 3.96. The third-order valence-corrected chi connectivity index (χ3v) is 4.02. The van der Waals surface area contributed by atoms with E-state index in [0.29, 0.717) is 0 Å². The highest BCUT2D eigenvalue weighted by Crippen LogP contribution is 2.24. The molecule has 5 heteroatoms. The van der Waals surface area contributed by atoms with Gasteiger partial charge in [0.05, 0.1) is 6.42 Å². The van der Waals surface area contributed by atoms with Gasteiger partial charge in [0.25, 0.3) is 0 Å². The van der Waals surface area contributed by atoms with Crippen molar-refractivity contribution in [2.45, 2.75) is 6.42 Å². The number of aromatic nitrogens is 3. The second-order valence-corrected chi connectivity index (χ2v) is 5.77. The van der Waals surface area contributed by atoms with Gasteiger partial charge < -0.3 is 10.3 Å². The van der Waals surface area contributed by atoms with Crippen LogP contribution in [0.4, 0.5) is 5.69 Å². The zero-order valence-electron chi connectivity index (χ0n) is 13.4. The number of pyridine rings is 2. The number of hydrogen-bond acceptors (Lipinski definition) is 3. The van der Waals surface area contributed by atoms with E-state index in [-0.39, 0.29) is 12.3 Å². The smallest absolute Gasteiger partial charge is 0.228 e. The molecule has 5 nitrogen and oxygen atoms in total. The van der Waals surface area contributed by atoms with Crippen molar-refractivity contribution in [1.82, 2.24) is 15.0 Å². The van der Waals surface area contributed by atoms with Crippen molar-refractivity contribution in [3.8, 4) is 11.1 Å². The van der Waals surface area contributed by atoms with Crippen LogP contribution in [0.2, 0.25) is 0 Å². The van der Waals surface area contributed by atoms with E-state index in [1.807, 2.05) is 60.9 Å². The average Bonchev–Trinajstić information content (AvgIpc) is 3.05. The Morgan fingerprint density at radius 3 is 2.72 bits per heavy atom. The molecule has 3 heterocycles. The second-order valence-electron chi connectivity index (χ2n) is 5.77. The van der Waals surface area contributed by atoms with E-state index in [4.69, 9.17) is 0 Å². The molecule has 2 N–H and O–H groups in total. The Morgan fingerprint density at radius 1 is 1.04 bits per heavy atom. The van der Waals surface area contributed by atoms with Gasteiger partial charge in [-0.1, -0.05) is 24.3 Å². The molecule has 0 atom stereocenters. The molecule has 0 fully saturated rings. The van der Waals surface area contributed by atoms with Crippen LogP contribution in [0.5, 0.6) is 0 Å². The summed E-state index contributed by atoms with van der Waals surface area (Å²) in [5.74, 6) is -0.0566. The number of rotatable bonds is 4. The minimum atomic E-state index is -0.0566. The first-order valence-corrected chi connectivity index (χ1v) is 8.01. The summed E-state index contributed by atoms with van der Waals surface area (Å²) in [6.07, 6.45) is 7.48. The number of para-hydroxylation sites is 1. The van der Waals surface area contributed by atoms with Crippen molar-refractivity contribution in [2.24, 2.45) is 0 Å². The Morgan fingerprint density at radius 2 is 1.92 bits per heavy atom. The summed E-state index contributed by atoms with van der Waals surface area (Å²) in [4.78, 5) is 24.1. The van der Waals surface area contributed by atoms with Crippen LogP contribution in [0.3, 0.4) is 0 Å². The average molecular weight is 328 g/mol. The zero-order valence-corrected chi connectivity index (χ0v) is 13.4. The molecule has 25 heavy (non-hydrogen) atoms. The number of amides is 1. The summed E-state index contributed by atoms with van der Waals surface area (Å²) in [6.45, 7) is 0. The Balaban J connectivity index is 1.60. The lowest BCUT2D eigenvalue weighted by molar-refractivity contribution is -0.115. The number of H-pyrrole nitrogens is 1. The van der Waals surface area contributed by atoms with E-state index in [1.165, 1.54) is 0 Å². The predicted octanol–water partition coefficient (Wildman–Crippen LogP) is 3.81. The van der Waals surface area contributed by atoms with E-state index >= 15 is 0 Å². The van der Waals surface area contributed by atoms with E-state index in [1.54, 1.807) is 12.4 Å². The zero-order chi connectivity index (χ0) is 17.1. The third-order valence-electron chi connectivity index (χ3n) is 4.02. The van der Waals surface area contributed by atoms with Gasteiger partial charge in [0.15, 0.2) is 0 Å². The van der Waals surface area contributed by atoms with Crippen molar-refractivity contribution in [3.05, 3.63) is 78.9 Å². The van der Waals surface area contributed by atoms with Crippen LogP contribution < -0.4 is 5.32 Å². The lowest BCUT2D eigenvalue weighted by atomic mass is 10.1. The van der Waals surface area contributed by atoms with Crippen LogP contribution in [0.15, 0.2) is 73.3 Å². The molecule has 0 unspecified atom stereocenters. The molecular weight excluding hydrogens is 312 g/mol. The number of carbonyl (C=O) groups excluding carboxylic acids is 1. The maximum atomic E-state index is 12.3. The number of aromatic amines is 1. The maximum absolute atomic E-state index is 12.3. The van der Waals surface area contributed by atoms with Crippen molar-refractivity contribution < 1.29 is 4.79 Å². The maximum Gasteiger partial charge on any atom is 0.228 e. The first-order chi connectivity index (χ1) is 12.3. The molecule has 0 aliphatic heterocycles. The molecule has 0 saturated carbocycles. The van der Waals surface area contributed by atoms with E-state index in [2.05, 4.69) is 20.3 Å². The van der Waals surface area contributed by atoms with Gasteiger partial charge in [0.2, 0.25) is 5.91 Å². The van der Waals surface area contributed by atoms with Gasteiger partial charge in [0, 0.05) is 47.0 Å². The van der Waals surface area contributed by atoms with Crippen LogP contribution >= 0.6 is 0 Å². The van der Waals surface area contributed by atoms with Gasteiger partial charge in [-0.3, -0.25) is 9.78 Å². The van der Waals surface area contributed by atoms with Crippen LogP contribution in [0.25, 0.3) is 22.2 Å². The summed E-state index contributed by atoms with van der Waals surface area (Å²) in [7, 11) is 0. The summed E-state index contributed by atoms with van der Waals surface area (Å²) in [6, 6.07) is 15.4. The Bertz CT molecular complexity index is 1010. The van der Waals surface area contributed by atoms with Crippen molar-refractivity contribution >= 4 is 22.6 Å². The Labute approximate surface area is 144 Å². The van der Waals surface area contributed by atoms with Gasteiger partial charge in [-0.25, -0.2) is 4.98 Å². The molecule has 0 radical (unpaired) electrons. The molecule has 122 valence electrons. The molecule has 0 aliphatic rings. The van der Waals surface area contributed by atoms with Crippen LogP contribution in [0, 0.1) is 0 Å². The molecule has 4 rings (SSSR count). The molecule has 0 bridgehead atoms. The largest absolute Gasteiger partial charge is 0.346 e. The Hall–Kier alpha value is -3.47. The van der Waals surface area contributed by atoms with Crippen LogP contribution in [0.1, 0.15) is 5.56 Å². The van der Waals surface area contributed by atoms with Crippen LogP contribution in [-0.4, -0.2) is 20.9 Å². The van der Waals surface area contributed by atoms with Crippen molar-refractivity contribution in [2.75, 3.05) is 5.32 Å². The van der Waals surface area contributed by atoms with E-state index in [0.717, 1.165) is 33.4 Å². The number of nitrogens with zero attached hydrogens (tertiary/aromatic N) is 2. The topological polar surface area (TPSA) is 70.7 Å². The fraction of sp³-hybridized carbons (Fsp3) is 0.0500. The van der Waals surface area contributed by atoms with E-state index in [9.17, 15) is 4.79 Å². The number of carbonyl (C=O) groups is 1. The van der Waals surface area contributed by atoms with Crippen molar-refractivity contribution in [3.63, 3.8) is 0 Å². The highest BCUT2D eigenvalue weighted by molar-refractivity contribution is 5.95. The second kappa shape index (κ2) is 6.57. The van der Waals surface area contributed by atoms with Gasteiger partial charge in [-0.15, -0.1) is 0 Å². The molecule has 4 aromatic rings. The summed E-state index contributed by atoms with van der Waals surface area (Å²) >= 11 is 0. The number of nitrogens with one attached hydrogen (secondary N) is 2. The number of anilines is 1. The predicted molar refractivity (Wildman–Crippen MR) is 98.1 cm³/mol. The number of benzene rings is 1. The number of hydrogen-bond donors (Lipinski definition) is 2. The van der Waals surface area contributed by atoms with Gasteiger partial charge in [0.1, 0.15) is 5.65 Å². The summed E-state index contributed by atoms with van der Waals surface area (Å²) in [5.41, 5.74) is 4.46. The molecule has 0 saturated heterocycles. The monoisotopic (exact) mass is 328 g/mol. The normalized spacial score (nSPS) is 10.7. The molecule has 0 aliphatic carbocycles. The fourth-order valence-electron chi connectivity index (χ4n) is 2.80. The van der Waals surface area contributed by atoms with Crippen LogP contribution in [-0.2, 0) is 11.2 Å². The summed E-state index contributed by atoms with van der Waals surface area (Å²) in [5, 5.41) is 3.86. The quantitative estimate of drug-likeness (QED) is 0.598. The molecule has 3 aromatic heterocycles. The van der Waals surface area contributed by atoms with Gasteiger partial charge in [-0.05, 0) is 29.8 Å². The SMILES string of the molecule is O=C(Cc1c[nH]c2ncc(-c3cccnc3)cc12)Nc1ccccc1.